The van der Waals surface area contributed by atoms with Gasteiger partial charge < -0.3 is 15.4 Å². The van der Waals surface area contributed by atoms with Gasteiger partial charge >= 0.3 is 6.09 Å². The normalized spacial score (nSPS) is 10.4. The van der Waals surface area contributed by atoms with Gasteiger partial charge in [-0.05, 0) is 44.0 Å². The third-order valence-corrected chi connectivity index (χ3v) is 3.96. The third kappa shape index (κ3) is 4.51. The quantitative estimate of drug-likeness (QED) is 0.542. The van der Waals surface area contributed by atoms with Gasteiger partial charge in [0.15, 0.2) is 17.5 Å². The van der Waals surface area contributed by atoms with Crippen LogP contribution in [-0.2, 0) is 4.74 Å². The highest BCUT2D eigenvalue weighted by Crippen LogP contribution is 2.26. The van der Waals surface area contributed by atoms with Gasteiger partial charge in [-0.2, -0.15) is 5.10 Å². The summed E-state index contributed by atoms with van der Waals surface area (Å²) in [7, 11) is 1.33. The van der Waals surface area contributed by atoms with E-state index in [2.05, 4.69) is 40.9 Å². The first-order valence-corrected chi connectivity index (χ1v) is 8.29. The molecule has 0 aliphatic carbocycles. The average molecular weight is 367 g/mol. The number of rotatable bonds is 5. The van der Waals surface area contributed by atoms with Crippen LogP contribution in [0.1, 0.15) is 16.8 Å². The summed E-state index contributed by atoms with van der Waals surface area (Å²) in [5, 5.41) is 16.0. The second-order valence-corrected chi connectivity index (χ2v) is 6.06. The molecule has 0 saturated heterocycles. The fraction of sp³-hybridized carbons (Fsp3) is 0.222. The average Bonchev–Trinajstić information content (AvgIpc) is 3.04. The number of hydrogen-bond acceptors (Lipinski definition) is 7. The molecule has 0 atom stereocenters. The number of nitrogens with one attached hydrogen (secondary N) is 4. The second kappa shape index (κ2) is 7.73. The van der Waals surface area contributed by atoms with Gasteiger partial charge in [-0.3, -0.25) is 15.4 Å². The number of H-pyrrole nitrogens is 1. The number of carbonyl (C=O) groups excluding carboxylic acids is 1. The van der Waals surface area contributed by atoms with Crippen LogP contribution in [0.3, 0.4) is 0 Å². The molecule has 1 aromatic carbocycles. The molecule has 3 rings (SSSR count). The third-order valence-electron chi connectivity index (χ3n) is 3.96. The Morgan fingerprint density at radius 1 is 1.04 bits per heavy atom. The molecule has 0 fully saturated rings. The Kier molecular flexibility index (Phi) is 5.20. The molecule has 9 heteroatoms. The fourth-order valence-electron chi connectivity index (χ4n) is 2.47. The number of methoxy groups -OCH3 is 1. The summed E-state index contributed by atoms with van der Waals surface area (Å²) in [6.07, 6.45) is 2.71. The number of nitrogens with zero attached hydrogens (tertiary/aromatic N) is 3. The maximum atomic E-state index is 11.5. The maximum absolute atomic E-state index is 11.5. The highest BCUT2D eigenvalue weighted by atomic mass is 16.5. The first-order valence-electron chi connectivity index (χ1n) is 8.29. The number of aromatic nitrogens is 4. The summed E-state index contributed by atoms with van der Waals surface area (Å²) < 4.78 is 4.67. The van der Waals surface area contributed by atoms with E-state index in [-0.39, 0.29) is 0 Å². The molecular formula is C18H21N7O2. The van der Waals surface area contributed by atoms with Crippen molar-refractivity contribution in [1.29, 1.82) is 0 Å². The number of carbonyl (C=O) groups is 1. The molecule has 0 bridgehead atoms. The number of ether oxygens (including phenoxy) is 1. The molecule has 1 amide bonds. The van der Waals surface area contributed by atoms with E-state index in [1.165, 1.54) is 7.11 Å². The Balaban J connectivity index is 1.80. The number of aromatic amines is 1. The molecule has 0 aliphatic rings. The Labute approximate surface area is 156 Å². The van der Waals surface area contributed by atoms with Crippen LogP contribution in [0.4, 0.5) is 33.6 Å². The first kappa shape index (κ1) is 18.2. The van der Waals surface area contributed by atoms with Crippen molar-refractivity contribution >= 4 is 34.9 Å². The first-order chi connectivity index (χ1) is 12.9. The summed E-state index contributed by atoms with van der Waals surface area (Å²) >= 11 is 0. The Hall–Kier alpha value is -3.62. The van der Waals surface area contributed by atoms with Crippen molar-refractivity contribution in [3.05, 3.63) is 47.4 Å². The van der Waals surface area contributed by atoms with Crippen molar-refractivity contribution in [2.45, 2.75) is 20.8 Å². The van der Waals surface area contributed by atoms with Crippen LogP contribution >= 0.6 is 0 Å². The predicted octanol–water partition coefficient (Wildman–Crippen LogP) is 3.79. The lowest BCUT2D eigenvalue weighted by Crippen LogP contribution is -2.12. The van der Waals surface area contributed by atoms with Crippen molar-refractivity contribution < 1.29 is 9.53 Å². The lowest BCUT2D eigenvalue weighted by molar-refractivity contribution is 0.187. The van der Waals surface area contributed by atoms with Gasteiger partial charge in [-0.1, -0.05) is 0 Å². The molecule has 0 aliphatic heterocycles. The van der Waals surface area contributed by atoms with Gasteiger partial charge in [0.25, 0.3) is 0 Å². The van der Waals surface area contributed by atoms with E-state index in [1.54, 1.807) is 12.4 Å². The van der Waals surface area contributed by atoms with E-state index in [0.29, 0.717) is 23.1 Å². The van der Waals surface area contributed by atoms with Crippen molar-refractivity contribution in [3.8, 4) is 0 Å². The molecule has 140 valence electrons. The van der Waals surface area contributed by atoms with Gasteiger partial charge in [0.05, 0.1) is 19.5 Å². The molecule has 9 nitrogen and oxygen atoms in total. The van der Waals surface area contributed by atoms with Crippen molar-refractivity contribution in [2.24, 2.45) is 0 Å². The molecular weight excluding hydrogens is 346 g/mol. The van der Waals surface area contributed by atoms with Crippen LogP contribution in [0.5, 0.6) is 0 Å². The van der Waals surface area contributed by atoms with E-state index >= 15 is 0 Å². The molecule has 2 aromatic heterocycles. The lowest BCUT2D eigenvalue weighted by atomic mass is 10.1. The monoisotopic (exact) mass is 367 g/mol. The summed E-state index contributed by atoms with van der Waals surface area (Å²) in [5.41, 5.74) is 4.35. The Bertz CT molecular complexity index is 968. The van der Waals surface area contributed by atoms with Crippen LogP contribution in [0.25, 0.3) is 0 Å². The van der Waals surface area contributed by atoms with E-state index < -0.39 is 6.09 Å². The van der Waals surface area contributed by atoms with Gasteiger partial charge in [-0.15, -0.1) is 0 Å². The SMILES string of the molecule is COC(=O)Nc1cc(Nc2cncc(Nc3cc(C)[nH]n3)n2)cc(C)c1C. The number of benzene rings is 1. The zero-order valence-corrected chi connectivity index (χ0v) is 15.5. The highest BCUT2D eigenvalue weighted by molar-refractivity contribution is 5.87. The van der Waals surface area contributed by atoms with Crippen LogP contribution in [0.15, 0.2) is 30.6 Å². The molecule has 4 N–H and O–H groups in total. The number of anilines is 5. The Morgan fingerprint density at radius 3 is 2.44 bits per heavy atom. The minimum atomic E-state index is -0.519. The largest absolute Gasteiger partial charge is 0.453 e. The number of amides is 1. The smallest absolute Gasteiger partial charge is 0.411 e. The fourth-order valence-corrected chi connectivity index (χ4v) is 2.47. The second-order valence-electron chi connectivity index (χ2n) is 6.06. The van der Waals surface area contributed by atoms with Gasteiger partial charge in [-0.25, -0.2) is 9.78 Å². The van der Waals surface area contributed by atoms with Gasteiger partial charge in [0.1, 0.15) is 0 Å². The van der Waals surface area contributed by atoms with Crippen molar-refractivity contribution in [2.75, 3.05) is 23.1 Å². The molecule has 3 aromatic rings. The number of aryl methyl sites for hydroxylation is 2. The summed E-state index contributed by atoms with van der Waals surface area (Å²) in [4.78, 5) is 20.2. The van der Waals surface area contributed by atoms with E-state index in [4.69, 9.17) is 0 Å². The van der Waals surface area contributed by atoms with E-state index in [1.807, 2.05) is 39.0 Å². The zero-order valence-electron chi connectivity index (χ0n) is 15.5. The van der Waals surface area contributed by atoms with Gasteiger partial charge in [0, 0.05) is 23.1 Å². The van der Waals surface area contributed by atoms with E-state index in [9.17, 15) is 4.79 Å². The van der Waals surface area contributed by atoms with Crippen LogP contribution in [-0.4, -0.2) is 33.4 Å². The predicted molar refractivity (Wildman–Crippen MR) is 104 cm³/mol. The maximum Gasteiger partial charge on any atom is 0.411 e. The van der Waals surface area contributed by atoms with E-state index in [0.717, 1.165) is 22.5 Å². The van der Waals surface area contributed by atoms with Crippen LogP contribution < -0.4 is 16.0 Å². The molecule has 2 heterocycles. The molecule has 0 unspecified atom stereocenters. The summed E-state index contributed by atoms with van der Waals surface area (Å²) in [5.74, 6) is 1.78. The van der Waals surface area contributed by atoms with Gasteiger partial charge in [0.2, 0.25) is 0 Å². The molecule has 0 saturated carbocycles. The lowest BCUT2D eigenvalue weighted by Gasteiger charge is -2.14. The summed E-state index contributed by atoms with van der Waals surface area (Å²) in [6.45, 7) is 5.81. The molecule has 27 heavy (non-hydrogen) atoms. The van der Waals surface area contributed by atoms with Crippen LogP contribution in [0, 0.1) is 20.8 Å². The standard InChI is InChI=1S/C18H21N7O2/c1-10-5-13(7-14(12(10)3)21-18(26)27-4)20-16-8-19-9-17(23-16)22-15-6-11(2)24-25-15/h5-9H,1-4H3,(H,21,26)(H3,20,22,23,24,25). The topological polar surface area (TPSA) is 117 Å². The zero-order chi connectivity index (χ0) is 19.4. The minimum Gasteiger partial charge on any atom is -0.453 e. The summed E-state index contributed by atoms with van der Waals surface area (Å²) in [6, 6.07) is 5.66. The van der Waals surface area contributed by atoms with Crippen LogP contribution in [0.2, 0.25) is 0 Å². The Morgan fingerprint density at radius 2 is 1.78 bits per heavy atom. The van der Waals surface area contributed by atoms with Crippen molar-refractivity contribution in [1.82, 2.24) is 20.2 Å². The molecule has 0 spiro atoms. The highest BCUT2D eigenvalue weighted by Gasteiger charge is 2.09. The minimum absolute atomic E-state index is 0.519. The number of hydrogen-bond donors (Lipinski definition) is 4. The molecule has 0 radical (unpaired) electrons. The van der Waals surface area contributed by atoms with Crippen molar-refractivity contribution in [3.63, 3.8) is 0 Å².